The van der Waals surface area contributed by atoms with E-state index >= 15 is 0 Å². The second kappa shape index (κ2) is 6.59. The smallest absolute Gasteiger partial charge is 0.225 e. The first-order valence-corrected chi connectivity index (χ1v) is 6.30. The van der Waals surface area contributed by atoms with Crippen LogP contribution in [0.5, 0.6) is 0 Å². The fourth-order valence-electron chi connectivity index (χ4n) is 2.14. The van der Waals surface area contributed by atoms with Gasteiger partial charge in [0.05, 0.1) is 0 Å². The Hall–Kier alpha value is -1.10. The molecule has 1 aliphatic heterocycles. The van der Waals surface area contributed by atoms with Gasteiger partial charge in [0, 0.05) is 39.0 Å². The maximum absolute atomic E-state index is 12.1. The van der Waals surface area contributed by atoms with Crippen molar-refractivity contribution < 1.29 is 9.59 Å². The van der Waals surface area contributed by atoms with Crippen LogP contribution in [-0.2, 0) is 9.59 Å². The van der Waals surface area contributed by atoms with E-state index in [1.807, 2.05) is 11.8 Å². The molecule has 0 aromatic carbocycles. The molecule has 1 saturated heterocycles. The van der Waals surface area contributed by atoms with Crippen LogP contribution >= 0.6 is 0 Å². The second-order valence-corrected chi connectivity index (χ2v) is 4.66. The van der Waals surface area contributed by atoms with Gasteiger partial charge in [-0.15, -0.1) is 0 Å². The Morgan fingerprint density at radius 2 is 1.76 bits per heavy atom. The van der Waals surface area contributed by atoms with Crippen molar-refractivity contribution in [2.24, 2.45) is 11.7 Å². The van der Waals surface area contributed by atoms with E-state index in [4.69, 9.17) is 5.73 Å². The van der Waals surface area contributed by atoms with Crippen molar-refractivity contribution in [1.29, 1.82) is 0 Å². The summed E-state index contributed by atoms with van der Waals surface area (Å²) in [6.07, 6.45) is 1.59. The molecule has 1 heterocycles. The highest BCUT2D eigenvalue weighted by Crippen LogP contribution is 2.10. The van der Waals surface area contributed by atoms with Crippen molar-refractivity contribution >= 4 is 11.8 Å². The average molecular weight is 241 g/mol. The lowest BCUT2D eigenvalue weighted by Gasteiger charge is -2.24. The van der Waals surface area contributed by atoms with Gasteiger partial charge in [0.1, 0.15) is 0 Å². The van der Waals surface area contributed by atoms with Crippen molar-refractivity contribution in [1.82, 2.24) is 9.80 Å². The summed E-state index contributed by atoms with van der Waals surface area (Å²) in [6.45, 7) is 6.84. The molecule has 5 heteroatoms. The standard InChI is InChI=1S/C12H23N3O2/c1-10(4-5-13)12(17)15-7-3-6-14(8-9-15)11(2)16/h10H,3-9,13H2,1-2H3. The van der Waals surface area contributed by atoms with Gasteiger partial charge in [-0.2, -0.15) is 0 Å². The predicted octanol–water partition coefficient (Wildman–Crippen LogP) is 0.0521. The normalized spacial score (nSPS) is 18.8. The Balaban J connectivity index is 2.50. The lowest BCUT2D eigenvalue weighted by atomic mass is 10.1. The minimum Gasteiger partial charge on any atom is -0.341 e. The van der Waals surface area contributed by atoms with Crippen molar-refractivity contribution in [3.63, 3.8) is 0 Å². The van der Waals surface area contributed by atoms with Crippen LogP contribution in [0, 0.1) is 5.92 Å². The largest absolute Gasteiger partial charge is 0.341 e. The molecule has 17 heavy (non-hydrogen) atoms. The highest BCUT2D eigenvalue weighted by molar-refractivity contribution is 5.78. The number of rotatable bonds is 3. The topological polar surface area (TPSA) is 66.6 Å². The fraction of sp³-hybridized carbons (Fsp3) is 0.833. The summed E-state index contributed by atoms with van der Waals surface area (Å²) in [5.41, 5.74) is 5.47. The number of nitrogens with zero attached hydrogens (tertiary/aromatic N) is 2. The quantitative estimate of drug-likeness (QED) is 0.759. The minimum absolute atomic E-state index is 0.0103. The first kappa shape index (κ1) is 14.0. The zero-order valence-corrected chi connectivity index (χ0v) is 10.8. The van der Waals surface area contributed by atoms with Crippen LogP contribution in [-0.4, -0.2) is 54.3 Å². The number of hydrogen-bond acceptors (Lipinski definition) is 3. The minimum atomic E-state index is -0.0103. The van der Waals surface area contributed by atoms with Crippen molar-refractivity contribution in [2.75, 3.05) is 32.7 Å². The highest BCUT2D eigenvalue weighted by Gasteiger charge is 2.23. The molecule has 1 unspecified atom stereocenters. The monoisotopic (exact) mass is 241 g/mol. The molecule has 0 aromatic heterocycles. The van der Waals surface area contributed by atoms with Gasteiger partial charge in [0.25, 0.3) is 0 Å². The molecular formula is C12H23N3O2. The molecular weight excluding hydrogens is 218 g/mol. The molecule has 0 bridgehead atoms. The second-order valence-electron chi connectivity index (χ2n) is 4.66. The Kier molecular flexibility index (Phi) is 5.41. The van der Waals surface area contributed by atoms with Gasteiger partial charge in [-0.3, -0.25) is 9.59 Å². The molecule has 2 amide bonds. The van der Waals surface area contributed by atoms with Crippen LogP contribution in [0.4, 0.5) is 0 Å². The molecule has 1 fully saturated rings. The summed E-state index contributed by atoms with van der Waals surface area (Å²) < 4.78 is 0. The van der Waals surface area contributed by atoms with Crippen molar-refractivity contribution in [3.05, 3.63) is 0 Å². The van der Waals surface area contributed by atoms with Crippen LogP contribution in [0.1, 0.15) is 26.7 Å². The van der Waals surface area contributed by atoms with Gasteiger partial charge in [0.2, 0.25) is 11.8 Å². The molecule has 0 radical (unpaired) electrons. The van der Waals surface area contributed by atoms with Crippen LogP contribution in [0.3, 0.4) is 0 Å². The third kappa shape index (κ3) is 4.00. The van der Waals surface area contributed by atoms with Gasteiger partial charge in [-0.25, -0.2) is 0 Å². The van der Waals surface area contributed by atoms with E-state index in [0.29, 0.717) is 19.6 Å². The molecule has 0 aliphatic carbocycles. The van der Waals surface area contributed by atoms with Crippen molar-refractivity contribution in [3.8, 4) is 0 Å². The van der Waals surface area contributed by atoms with E-state index in [-0.39, 0.29) is 17.7 Å². The van der Waals surface area contributed by atoms with E-state index < -0.39 is 0 Å². The Morgan fingerprint density at radius 1 is 1.18 bits per heavy atom. The van der Waals surface area contributed by atoms with E-state index in [0.717, 1.165) is 25.9 Å². The zero-order valence-electron chi connectivity index (χ0n) is 10.8. The third-order valence-electron chi connectivity index (χ3n) is 3.27. The Morgan fingerprint density at radius 3 is 2.35 bits per heavy atom. The number of amides is 2. The molecule has 98 valence electrons. The molecule has 5 nitrogen and oxygen atoms in total. The van der Waals surface area contributed by atoms with E-state index in [1.54, 1.807) is 11.8 Å². The lowest BCUT2D eigenvalue weighted by Crippen LogP contribution is -2.39. The molecule has 0 saturated carbocycles. The molecule has 1 rings (SSSR count). The first-order valence-electron chi connectivity index (χ1n) is 6.30. The summed E-state index contributed by atoms with van der Waals surface area (Å²) in [6, 6.07) is 0. The van der Waals surface area contributed by atoms with Gasteiger partial charge in [-0.1, -0.05) is 6.92 Å². The number of carbonyl (C=O) groups excluding carboxylic acids is 2. The summed E-state index contributed by atoms with van der Waals surface area (Å²) in [5, 5.41) is 0. The SMILES string of the molecule is CC(=O)N1CCCN(C(=O)C(C)CCN)CC1. The molecule has 1 atom stereocenters. The summed E-state index contributed by atoms with van der Waals surface area (Å²) in [5.74, 6) is 0.249. The predicted molar refractivity (Wildman–Crippen MR) is 66.3 cm³/mol. The summed E-state index contributed by atoms with van der Waals surface area (Å²) in [4.78, 5) is 27.0. The average Bonchev–Trinajstić information content (AvgIpc) is 2.53. The van der Waals surface area contributed by atoms with E-state index in [1.165, 1.54) is 0 Å². The van der Waals surface area contributed by atoms with Crippen LogP contribution < -0.4 is 5.73 Å². The van der Waals surface area contributed by atoms with Crippen LogP contribution in [0.25, 0.3) is 0 Å². The zero-order chi connectivity index (χ0) is 12.8. The van der Waals surface area contributed by atoms with Crippen molar-refractivity contribution in [2.45, 2.75) is 26.7 Å². The maximum Gasteiger partial charge on any atom is 0.225 e. The van der Waals surface area contributed by atoms with Gasteiger partial charge in [-0.05, 0) is 19.4 Å². The first-order chi connectivity index (χ1) is 8.06. The lowest BCUT2D eigenvalue weighted by molar-refractivity contribution is -0.135. The number of nitrogens with two attached hydrogens (primary N) is 1. The van der Waals surface area contributed by atoms with Gasteiger partial charge in [0.15, 0.2) is 0 Å². The Labute approximate surface area is 103 Å². The summed E-state index contributed by atoms with van der Waals surface area (Å²) in [7, 11) is 0. The highest BCUT2D eigenvalue weighted by atomic mass is 16.2. The molecule has 2 N–H and O–H groups in total. The third-order valence-corrected chi connectivity index (χ3v) is 3.27. The maximum atomic E-state index is 12.1. The molecule has 0 spiro atoms. The van der Waals surface area contributed by atoms with Gasteiger partial charge >= 0.3 is 0 Å². The molecule has 0 aromatic rings. The van der Waals surface area contributed by atoms with E-state index in [2.05, 4.69) is 0 Å². The number of hydrogen-bond donors (Lipinski definition) is 1. The number of carbonyl (C=O) groups is 2. The van der Waals surface area contributed by atoms with Gasteiger partial charge < -0.3 is 15.5 Å². The summed E-state index contributed by atoms with van der Waals surface area (Å²) >= 11 is 0. The Bertz CT molecular complexity index is 281. The van der Waals surface area contributed by atoms with Crippen LogP contribution in [0.15, 0.2) is 0 Å². The van der Waals surface area contributed by atoms with Crippen LogP contribution in [0.2, 0.25) is 0 Å². The fourth-order valence-corrected chi connectivity index (χ4v) is 2.14. The molecule has 1 aliphatic rings. The van der Waals surface area contributed by atoms with E-state index in [9.17, 15) is 9.59 Å².